The molecule has 1 atom stereocenters. The number of likely N-dealkylation sites (N-methyl/N-ethyl adjacent to an activating group) is 1. The Morgan fingerprint density at radius 3 is 2.44 bits per heavy atom. The highest BCUT2D eigenvalue weighted by Crippen LogP contribution is 2.35. The summed E-state index contributed by atoms with van der Waals surface area (Å²) < 4.78 is 31.9. The number of benzene rings is 3. The van der Waals surface area contributed by atoms with Gasteiger partial charge in [0.1, 0.15) is 16.8 Å². The molecular weight excluding hydrogens is 846 g/mol. The molecule has 0 spiro atoms. The smallest absolute Gasteiger partial charge is 0.264 e. The summed E-state index contributed by atoms with van der Waals surface area (Å²) in [5.74, 6) is -0.353. The van der Waals surface area contributed by atoms with Gasteiger partial charge in [-0.25, -0.2) is 13.4 Å². The molecule has 2 fully saturated rings. The Kier molecular flexibility index (Phi) is 14.0. The van der Waals surface area contributed by atoms with Gasteiger partial charge >= 0.3 is 0 Å². The van der Waals surface area contributed by atoms with Gasteiger partial charge in [-0.15, -0.1) is 0 Å². The molecule has 4 N–H and O–H groups in total. The highest BCUT2D eigenvalue weighted by atomic mass is 35.5. The lowest BCUT2D eigenvalue weighted by Crippen LogP contribution is -2.54. The fourth-order valence-corrected chi connectivity index (χ4v) is 9.69. The second-order valence-electron chi connectivity index (χ2n) is 16.6. The van der Waals surface area contributed by atoms with E-state index >= 15 is 0 Å². The van der Waals surface area contributed by atoms with E-state index in [1.807, 2.05) is 12.1 Å². The zero-order valence-electron chi connectivity index (χ0n) is 36.2. The summed E-state index contributed by atoms with van der Waals surface area (Å²) in [5, 5.41) is 11.6. The number of amides is 4. The number of fused-ring (bicyclic) bond motifs is 1. The normalized spacial score (nSPS) is 17.3. The summed E-state index contributed by atoms with van der Waals surface area (Å²) in [4.78, 5) is 65.7. The number of methoxy groups -OCH3 is 1. The van der Waals surface area contributed by atoms with Crippen molar-refractivity contribution in [3.05, 3.63) is 88.1 Å². The van der Waals surface area contributed by atoms with Crippen molar-refractivity contribution in [1.82, 2.24) is 30.0 Å². The maximum Gasteiger partial charge on any atom is 0.264 e. The number of nitrogens with one attached hydrogen (secondary N) is 4. The zero-order valence-corrected chi connectivity index (χ0v) is 37.7. The fraction of sp³-hybridized carbons (Fsp3) is 0.422. The number of likely N-dealkylation sites (tertiary alicyclic amines) is 1. The van der Waals surface area contributed by atoms with E-state index in [0.29, 0.717) is 35.3 Å². The minimum atomic E-state index is -3.57. The molecule has 4 heterocycles. The van der Waals surface area contributed by atoms with E-state index in [2.05, 4.69) is 55.0 Å². The van der Waals surface area contributed by atoms with Gasteiger partial charge in [0.05, 0.1) is 46.0 Å². The number of aromatic nitrogens is 2. The molecule has 2 saturated heterocycles. The summed E-state index contributed by atoms with van der Waals surface area (Å²) in [6, 6.07) is 14.8. The summed E-state index contributed by atoms with van der Waals surface area (Å²) >= 11 is 6.47. The van der Waals surface area contributed by atoms with Crippen molar-refractivity contribution in [2.45, 2.75) is 69.1 Å². The molecule has 4 amide bonds. The lowest BCUT2D eigenvalue weighted by Gasteiger charge is -2.34. The average Bonchev–Trinajstić information content (AvgIpc) is 3.51. The second-order valence-corrected chi connectivity index (χ2v) is 19.5. The van der Waals surface area contributed by atoms with Crippen LogP contribution in [0.1, 0.15) is 71.4 Å². The second kappa shape index (κ2) is 19.4. The van der Waals surface area contributed by atoms with Crippen molar-refractivity contribution in [2.24, 2.45) is 5.92 Å². The molecule has 0 radical (unpaired) electrons. The van der Waals surface area contributed by atoms with E-state index in [1.165, 1.54) is 6.20 Å². The van der Waals surface area contributed by atoms with E-state index < -0.39 is 44.8 Å². The molecule has 0 aliphatic carbocycles. The van der Waals surface area contributed by atoms with Crippen molar-refractivity contribution >= 4 is 73.9 Å². The van der Waals surface area contributed by atoms with Gasteiger partial charge in [0.2, 0.25) is 17.8 Å². The summed E-state index contributed by atoms with van der Waals surface area (Å²) in [6.07, 6.45) is 4.62. The molecule has 3 aliphatic heterocycles. The number of piperidine rings is 2. The van der Waals surface area contributed by atoms with Crippen molar-refractivity contribution in [1.29, 1.82) is 0 Å². The molecule has 63 heavy (non-hydrogen) atoms. The molecule has 16 nitrogen and oxygen atoms in total. The SMILES string of the molecule is COc1cc(CCN(C)CC2CCN(CCNc3cccc4c3C(=O)N(C3CCC(=O)NC3=O)C4=O)CC2)c(C)cc1Nc1ncc(Cl)c(Nc2ccccc2S(=O)(=O)C(C)C)n1. The number of sulfone groups is 1. The Bertz CT molecular complexity index is 2510. The Labute approximate surface area is 373 Å². The molecule has 4 aromatic rings. The number of imide groups is 2. The number of anilines is 5. The predicted molar refractivity (Wildman–Crippen MR) is 242 cm³/mol. The van der Waals surface area contributed by atoms with Crippen LogP contribution in [0.4, 0.5) is 28.8 Å². The number of nitrogens with zero attached hydrogens (tertiary/aromatic N) is 5. The molecule has 18 heteroatoms. The monoisotopic (exact) mass is 899 g/mol. The maximum absolute atomic E-state index is 13.4. The third-order valence-corrected chi connectivity index (χ3v) is 14.5. The van der Waals surface area contributed by atoms with Crippen LogP contribution in [0.2, 0.25) is 5.02 Å². The van der Waals surface area contributed by atoms with Crippen LogP contribution in [0.25, 0.3) is 0 Å². The van der Waals surface area contributed by atoms with Gasteiger partial charge < -0.3 is 30.5 Å². The summed E-state index contributed by atoms with van der Waals surface area (Å²) in [5.41, 5.74) is 4.39. The Morgan fingerprint density at radius 1 is 0.968 bits per heavy atom. The van der Waals surface area contributed by atoms with Crippen LogP contribution in [0, 0.1) is 12.8 Å². The van der Waals surface area contributed by atoms with Crippen molar-refractivity contribution in [3.8, 4) is 5.75 Å². The van der Waals surface area contributed by atoms with Crippen LogP contribution in [0.15, 0.2) is 65.7 Å². The van der Waals surface area contributed by atoms with E-state index in [9.17, 15) is 27.6 Å². The lowest BCUT2D eigenvalue weighted by atomic mass is 9.96. The van der Waals surface area contributed by atoms with Crippen molar-refractivity contribution in [3.63, 3.8) is 0 Å². The Balaban J connectivity index is 0.879. The number of rotatable bonds is 17. The number of hydrogen-bond acceptors (Lipinski definition) is 14. The van der Waals surface area contributed by atoms with E-state index in [0.717, 1.165) is 68.0 Å². The lowest BCUT2D eigenvalue weighted by molar-refractivity contribution is -0.136. The summed E-state index contributed by atoms with van der Waals surface area (Å²) in [7, 11) is 0.202. The molecule has 1 aromatic heterocycles. The van der Waals surface area contributed by atoms with E-state index in [1.54, 1.807) is 63.4 Å². The van der Waals surface area contributed by atoms with E-state index in [-0.39, 0.29) is 45.7 Å². The highest BCUT2D eigenvalue weighted by Gasteiger charge is 2.45. The van der Waals surface area contributed by atoms with Crippen LogP contribution in [-0.4, -0.2) is 121 Å². The number of carbonyl (C=O) groups is 4. The Hall–Kier alpha value is -5.62. The van der Waals surface area contributed by atoms with Crippen LogP contribution in [0.5, 0.6) is 5.75 Å². The summed E-state index contributed by atoms with van der Waals surface area (Å²) in [6.45, 7) is 10.5. The first-order valence-electron chi connectivity index (χ1n) is 21.2. The van der Waals surface area contributed by atoms with E-state index in [4.69, 9.17) is 16.3 Å². The van der Waals surface area contributed by atoms with Crippen molar-refractivity contribution < 1.29 is 32.3 Å². The molecule has 3 aliphatic rings. The van der Waals surface area contributed by atoms with Gasteiger partial charge in [-0.3, -0.25) is 29.4 Å². The standard InChI is InChI=1S/C45H54ClN9O7S/c1-27(2)63(60,61)38-12-7-6-10-33(38)49-41-32(46)25-48-45(52-41)50-35-23-28(3)30(24-37(35)62-5)17-19-53(4)26-29-15-20-54(21-16-29)22-18-47-34-11-8-9-31-40(34)44(59)55(43(31)58)36-13-14-39(56)51-42(36)57/h6-12,23-25,27,29,36,47H,13-22,26H2,1-5H3,(H,51,56,57)(H2,48,49,50,52). The molecule has 1 unspecified atom stereocenters. The number of aryl methyl sites for hydroxylation is 1. The predicted octanol–water partition coefficient (Wildman–Crippen LogP) is 5.82. The maximum atomic E-state index is 13.4. The van der Waals surface area contributed by atoms with Crippen LogP contribution >= 0.6 is 11.6 Å². The quantitative estimate of drug-likeness (QED) is 0.0927. The van der Waals surface area contributed by atoms with Gasteiger partial charge in [-0.2, -0.15) is 4.98 Å². The molecule has 334 valence electrons. The Morgan fingerprint density at radius 2 is 1.71 bits per heavy atom. The number of ether oxygens (including phenoxy) is 1. The third kappa shape index (κ3) is 10.1. The van der Waals surface area contributed by atoms with Gasteiger partial charge in [0, 0.05) is 38.3 Å². The zero-order chi connectivity index (χ0) is 45.0. The van der Waals surface area contributed by atoms with Crippen LogP contribution < -0.4 is 26.0 Å². The molecule has 0 bridgehead atoms. The molecule has 0 saturated carbocycles. The number of halogens is 1. The first-order valence-corrected chi connectivity index (χ1v) is 23.1. The molecular formula is C45H54ClN9O7S. The van der Waals surface area contributed by atoms with Gasteiger partial charge in [-0.05, 0) is 120 Å². The van der Waals surface area contributed by atoms with Gasteiger partial charge in [0.15, 0.2) is 15.7 Å². The third-order valence-electron chi connectivity index (χ3n) is 12.0. The minimum Gasteiger partial charge on any atom is -0.495 e. The van der Waals surface area contributed by atoms with Crippen molar-refractivity contribution in [2.75, 3.05) is 69.4 Å². The number of carbonyl (C=O) groups excluding carboxylic acids is 4. The fourth-order valence-electron chi connectivity index (χ4n) is 8.35. The van der Waals surface area contributed by atoms with Gasteiger partial charge in [-0.1, -0.05) is 29.8 Å². The largest absolute Gasteiger partial charge is 0.495 e. The van der Waals surface area contributed by atoms with Crippen LogP contribution in [0.3, 0.4) is 0 Å². The first kappa shape index (κ1) is 45.4. The minimum absolute atomic E-state index is 0.0757. The first-order chi connectivity index (χ1) is 30.1. The molecule has 7 rings (SSSR count). The van der Waals surface area contributed by atoms with Crippen LogP contribution in [-0.2, 0) is 25.8 Å². The number of hydrogen-bond donors (Lipinski definition) is 4. The number of para-hydroxylation sites is 1. The van der Waals surface area contributed by atoms with Gasteiger partial charge in [0.25, 0.3) is 11.8 Å². The highest BCUT2D eigenvalue weighted by molar-refractivity contribution is 7.92. The molecule has 3 aromatic carbocycles. The topological polar surface area (TPSA) is 195 Å². The average molecular weight is 901 g/mol.